The molecule has 0 aromatic heterocycles. The van der Waals surface area contributed by atoms with Gasteiger partial charge in [0.05, 0.1) is 12.1 Å². The first-order valence-electron chi connectivity index (χ1n) is 3.22. The molecule has 1 aromatic carbocycles. The highest BCUT2D eigenvalue weighted by molar-refractivity contribution is 6.33. The van der Waals surface area contributed by atoms with Crippen LogP contribution in [0.5, 0.6) is 5.75 Å². The van der Waals surface area contributed by atoms with E-state index in [1.807, 2.05) is 0 Å². The highest BCUT2D eigenvalue weighted by Crippen LogP contribution is 2.25. The average molecular weight is 187 g/mol. The third-order valence-corrected chi connectivity index (χ3v) is 1.72. The lowest BCUT2D eigenvalue weighted by molar-refractivity contribution is 0.0693. The van der Waals surface area contributed by atoms with E-state index in [1.54, 1.807) is 12.1 Å². The molecule has 0 saturated heterocycles. The molecule has 3 nitrogen and oxygen atoms in total. The van der Waals surface area contributed by atoms with E-state index in [1.165, 1.54) is 13.2 Å². The van der Waals surface area contributed by atoms with Crippen molar-refractivity contribution < 1.29 is 14.6 Å². The molecule has 0 saturated carbocycles. The number of hydrogen-bond acceptors (Lipinski definition) is 2. The van der Waals surface area contributed by atoms with Gasteiger partial charge in [0, 0.05) is 0 Å². The van der Waals surface area contributed by atoms with Crippen LogP contribution in [0.4, 0.5) is 0 Å². The third kappa shape index (κ3) is 1.51. The van der Waals surface area contributed by atoms with Gasteiger partial charge in [-0.15, -0.1) is 0 Å². The maximum Gasteiger partial charge on any atom is 0.341 e. The van der Waals surface area contributed by atoms with E-state index in [4.69, 9.17) is 21.4 Å². The normalized spacial score (nSPS) is 9.50. The Morgan fingerprint density at radius 2 is 2.25 bits per heavy atom. The molecule has 0 fully saturated rings. The summed E-state index contributed by atoms with van der Waals surface area (Å²) < 4.78 is 4.82. The molecule has 0 radical (unpaired) electrons. The van der Waals surface area contributed by atoms with Crippen molar-refractivity contribution in [1.82, 2.24) is 0 Å². The topological polar surface area (TPSA) is 46.5 Å². The Hall–Kier alpha value is -1.22. The molecular formula is C8H7ClO3. The zero-order chi connectivity index (χ0) is 9.14. The summed E-state index contributed by atoms with van der Waals surface area (Å²) in [7, 11) is 1.40. The highest BCUT2D eigenvalue weighted by Gasteiger charge is 2.13. The van der Waals surface area contributed by atoms with Crippen molar-refractivity contribution in [2.75, 3.05) is 7.11 Å². The second kappa shape index (κ2) is 3.45. The van der Waals surface area contributed by atoms with E-state index in [-0.39, 0.29) is 16.3 Å². The van der Waals surface area contributed by atoms with Gasteiger partial charge in [-0.2, -0.15) is 0 Å². The number of rotatable bonds is 2. The molecule has 0 aliphatic heterocycles. The summed E-state index contributed by atoms with van der Waals surface area (Å²) in [4.78, 5) is 10.6. The molecule has 0 unspecified atom stereocenters. The fourth-order valence-electron chi connectivity index (χ4n) is 0.882. The Morgan fingerprint density at radius 1 is 1.58 bits per heavy atom. The first-order chi connectivity index (χ1) is 5.66. The summed E-state index contributed by atoms with van der Waals surface area (Å²) >= 11 is 5.64. The van der Waals surface area contributed by atoms with Gasteiger partial charge in [-0.1, -0.05) is 17.7 Å². The largest absolute Gasteiger partial charge is 0.496 e. The molecule has 4 heteroatoms. The van der Waals surface area contributed by atoms with E-state index >= 15 is 0 Å². The van der Waals surface area contributed by atoms with Crippen molar-refractivity contribution in [3.63, 3.8) is 0 Å². The van der Waals surface area contributed by atoms with Crippen LogP contribution in [-0.4, -0.2) is 18.2 Å². The molecule has 1 N–H and O–H groups in total. The minimum absolute atomic E-state index is 0.00154. The second-order valence-electron chi connectivity index (χ2n) is 2.12. The molecule has 1 aromatic rings. The lowest BCUT2D eigenvalue weighted by atomic mass is 10.2. The van der Waals surface area contributed by atoms with Gasteiger partial charge in [0.25, 0.3) is 0 Å². The Bertz CT molecular complexity index is 309. The van der Waals surface area contributed by atoms with E-state index in [0.717, 1.165) is 0 Å². The van der Waals surface area contributed by atoms with Gasteiger partial charge in [0.1, 0.15) is 11.3 Å². The summed E-state index contributed by atoms with van der Waals surface area (Å²) in [5.41, 5.74) is 0.00154. The number of carboxylic acids is 1. The monoisotopic (exact) mass is 186 g/mol. The summed E-state index contributed by atoms with van der Waals surface area (Å²) in [5.74, 6) is -0.813. The number of halogens is 1. The van der Waals surface area contributed by atoms with Crippen LogP contribution in [0, 0.1) is 0 Å². The molecule has 1 rings (SSSR count). The van der Waals surface area contributed by atoms with Crippen LogP contribution in [0.1, 0.15) is 10.4 Å². The first kappa shape index (κ1) is 8.87. The fourth-order valence-corrected chi connectivity index (χ4v) is 1.13. The molecular weight excluding hydrogens is 180 g/mol. The number of ether oxygens (including phenoxy) is 1. The summed E-state index contributed by atoms with van der Waals surface area (Å²) in [6.45, 7) is 0. The van der Waals surface area contributed by atoms with E-state index in [9.17, 15) is 4.79 Å². The van der Waals surface area contributed by atoms with E-state index in [0.29, 0.717) is 0 Å². The number of carbonyl (C=O) groups is 1. The van der Waals surface area contributed by atoms with Gasteiger partial charge in [-0.05, 0) is 12.1 Å². The van der Waals surface area contributed by atoms with Gasteiger partial charge in [-0.25, -0.2) is 4.79 Å². The Labute approximate surface area is 74.5 Å². The molecule has 0 spiro atoms. The second-order valence-corrected chi connectivity index (χ2v) is 2.53. The number of benzene rings is 1. The molecule has 0 atom stereocenters. The van der Waals surface area contributed by atoms with Crippen molar-refractivity contribution in [2.24, 2.45) is 0 Å². The van der Waals surface area contributed by atoms with Crippen molar-refractivity contribution in [2.45, 2.75) is 0 Å². The van der Waals surface area contributed by atoms with E-state index in [2.05, 4.69) is 0 Å². The molecule has 64 valence electrons. The Morgan fingerprint density at radius 3 is 2.67 bits per heavy atom. The molecule has 0 aliphatic carbocycles. The highest BCUT2D eigenvalue weighted by atomic mass is 35.5. The van der Waals surface area contributed by atoms with Crippen molar-refractivity contribution in [1.29, 1.82) is 0 Å². The zero-order valence-corrected chi connectivity index (χ0v) is 7.13. The standard InChI is InChI=1S/C8H7ClO3/c1-12-6-4-2-3-5(9)7(6)8(10)11/h2-4H,1H3,(H,10,11). The van der Waals surface area contributed by atoms with Crippen LogP contribution < -0.4 is 4.74 Å². The van der Waals surface area contributed by atoms with E-state index < -0.39 is 5.97 Å². The van der Waals surface area contributed by atoms with Crippen molar-refractivity contribution >= 4 is 17.6 Å². The van der Waals surface area contributed by atoms with Crippen LogP contribution in [0.15, 0.2) is 18.2 Å². The zero-order valence-electron chi connectivity index (χ0n) is 6.37. The van der Waals surface area contributed by atoms with Crippen LogP contribution in [-0.2, 0) is 0 Å². The Kier molecular flexibility index (Phi) is 2.55. The predicted octanol–water partition coefficient (Wildman–Crippen LogP) is 2.05. The van der Waals surface area contributed by atoms with Gasteiger partial charge in [0.15, 0.2) is 0 Å². The third-order valence-electron chi connectivity index (χ3n) is 1.41. The minimum atomic E-state index is -1.09. The lowest BCUT2D eigenvalue weighted by Gasteiger charge is -2.04. The molecule has 0 heterocycles. The summed E-state index contributed by atoms with van der Waals surface area (Å²) in [6.07, 6.45) is 0. The van der Waals surface area contributed by atoms with Crippen LogP contribution in [0.2, 0.25) is 5.02 Å². The molecule has 12 heavy (non-hydrogen) atoms. The van der Waals surface area contributed by atoms with Crippen LogP contribution in [0.25, 0.3) is 0 Å². The summed E-state index contributed by atoms with van der Waals surface area (Å²) in [6, 6.07) is 4.69. The molecule has 0 aliphatic rings. The van der Waals surface area contributed by atoms with Gasteiger partial charge < -0.3 is 9.84 Å². The van der Waals surface area contributed by atoms with Crippen LogP contribution >= 0.6 is 11.6 Å². The van der Waals surface area contributed by atoms with Gasteiger partial charge >= 0.3 is 5.97 Å². The Balaban J connectivity index is 3.29. The van der Waals surface area contributed by atoms with Crippen molar-refractivity contribution in [3.05, 3.63) is 28.8 Å². The lowest BCUT2D eigenvalue weighted by Crippen LogP contribution is -2.00. The maximum atomic E-state index is 10.6. The number of carboxylic acid groups (broad SMARTS) is 1. The van der Waals surface area contributed by atoms with Crippen molar-refractivity contribution in [3.8, 4) is 5.75 Å². The number of hydrogen-bond donors (Lipinski definition) is 1. The van der Waals surface area contributed by atoms with Crippen LogP contribution in [0.3, 0.4) is 0 Å². The predicted molar refractivity (Wildman–Crippen MR) is 45.0 cm³/mol. The summed E-state index contributed by atoms with van der Waals surface area (Å²) in [5, 5.41) is 8.90. The molecule has 0 bridgehead atoms. The molecule has 0 amide bonds. The number of methoxy groups -OCH3 is 1. The fraction of sp³-hybridized carbons (Fsp3) is 0.125. The van der Waals surface area contributed by atoms with Gasteiger partial charge in [0.2, 0.25) is 0 Å². The minimum Gasteiger partial charge on any atom is -0.496 e. The first-order valence-corrected chi connectivity index (χ1v) is 3.60. The maximum absolute atomic E-state index is 10.6. The average Bonchev–Trinajstić information content (AvgIpc) is 2.03. The SMILES string of the molecule is COc1cccc(Cl)c1C(=O)O. The quantitative estimate of drug-likeness (QED) is 0.769. The van der Waals surface area contributed by atoms with Gasteiger partial charge in [-0.3, -0.25) is 0 Å². The smallest absolute Gasteiger partial charge is 0.341 e. The number of aromatic carboxylic acids is 1.